The third-order valence-electron chi connectivity index (χ3n) is 3.12. The van der Waals surface area contributed by atoms with Crippen LogP contribution in [0.1, 0.15) is 16.7 Å². The second-order valence-corrected chi connectivity index (χ2v) is 7.20. The average molecular weight is 305 g/mol. The van der Waals surface area contributed by atoms with Crippen LogP contribution >= 0.6 is 0 Å². The van der Waals surface area contributed by atoms with Crippen LogP contribution in [0.5, 0.6) is 0 Å². The molecule has 0 aliphatic rings. The number of anilines is 1. The number of rotatable bonds is 6. The first kappa shape index (κ1) is 15.5. The van der Waals surface area contributed by atoms with E-state index in [2.05, 4.69) is 5.32 Å². The summed E-state index contributed by atoms with van der Waals surface area (Å²) < 4.78 is 22.9. The molecule has 0 saturated carbocycles. The second kappa shape index (κ2) is 6.74. The molecule has 0 unspecified atom stereocenters. The first-order chi connectivity index (χ1) is 9.98. The number of benzene rings is 2. The van der Waals surface area contributed by atoms with Crippen LogP contribution in [0.3, 0.4) is 0 Å². The van der Waals surface area contributed by atoms with Crippen molar-refractivity contribution in [1.82, 2.24) is 0 Å². The third kappa shape index (κ3) is 4.88. The standard InChI is InChI=1S/C16H19NO3S/c1-21(19,20)12-15-4-2-3-5-16(15)17-10-13-6-8-14(11-18)9-7-13/h2-9,17-18H,10-12H2,1H3. The highest BCUT2D eigenvalue weighted by Crippen LogP contribution is 2.18. The van der Waals surface area contributed by atoms with E-state index < -0.39 is 9.84 Å². The number of para-hydroxylation sites is 1. The van der Waals surface area contributed by atoms with Crippen LogP contribution < -0.4 is 5.32 Å². The minimum Gasteiger partial charge on any atom is -0.392 e. The summed E-state index contributed by atoms with van der Waals surface area (Å²) in [5, 5.41) is 12.3. The fourth-order valence-electron chi connectivity index (χ4n) is 2.06. The van der Waals surface area contributed by atoms with Crippen LogP contribution in [0.15, 0.2) is 48.5 Å². The van der Waals surface area contributed by atoms with Gasteiger partial charge in [0.25, 0.3) is 0 Å². The largest absolute Gasteiger partial charge is 0.392 e. The van der Waals surface area contributed by atoms with Gasteiger partial charge in [-0.1, -0.05) is 42.5 Å². The Labute approximate surface area is 125 Å². The Morgan fingerprint density at radius 1 is 1.00 bits per heavy atom. The topological polar surface area (TPSA) is 66.4 Å². The maximum Gasteiger partial charge on any atom is 0.151 e. The van der Waals surface area contributed by atoms with Gasteiger partial charge in [0, 0.05) is 18.5 Å². The molecule has 0 saturated heterocycles. The first-order valence-electron chi connectivity index (χ1n) is 6.66. The van der Waals surface area contributed by atoms with Gasteiger partial charge in [0.05, 0.1) is 12.4 Å². The van der Waals surface area contributed by atoms with Crippen LogP contribution in [-0.4, -0.2) is 19.8 Å². The van der Waals surface area contributed by atoms with Crippen molar-refractivity contribution in [3.63, 3.8) is 0 Å². The van der Waals surface area contributed by atoms with E-state index in [1.54, 1.807) is 0 Å². The monoisotopic (exact) mass is 305 g/mol. The molecule has 0 aromatic heterocycles. The zero-order valence-corrected chi connectivity index (χ0v) is 12.7. The minimum atomic E-state index is -3.06. The van der Waals surface area contributed by atoms with Crippen LogP contribution in [-0.2, 0) is 28.7 Å². The van der Waals surface area contributed by atoms with Gasteiger partial charge in [0.2, 0.25) is 0 Å². The van der Waals surface area contributed by atoms with Crippen LogP contribution in [0.25, 0.3) is 0 Å². The SMILES string of the molecule is CS(=O)(=O)Cc1ccccc1NCc1ccc(CO)cc1. The molecule has 112 valence electrons. The fraction of sp³-hybridized carbons (Fsp3) is 0.250. The molecule has 0 radical (unpaired) electrons. The van der Waals surface area contributed by atoms with Gasteiger partial charge in [-0.15, -0.1) is 0 Å². The highest BCUT2D eigenvalue weighted by atomic mass is 32.2. The van der Waals surface area contributed by atoms with Crippen molar-refractivity contribution in [2.24, 2.45) is 0 Å². The van der Waals surface area contributed by atoms with Gasteiger partial charge in [-0.05, 0) is 22.8 Å². The zero-order valence-electron chi connectivity index (χ0n) is 11.9. The van der Waals surface area contributed by atoms with E-state index >= 15 is 0 Å². The fourth-order valence-corrected chi connectivity index (χ4v) is 2.88. The van der Waals surface area contributed by atoms with E-state index in [0.29, 0.717) is 6.54 Å². The smallest absolute Gasteiger partial charge is 0.151 e. The lowest BCUT2D eigenvalue weighted by atomic mass is 10.1. The van der Waals surface area contributed by atoms with Gasteiger partial charge in [-0.2, -0.15) is 0 Å². The summed E-state index contributed by atoms with van der Waals surface area (Å²) in [6.45, 7) is 0.636. The third-order valence-corrected chi connectivity index (χ3v) is 3.96. The normalized spacial score (nSPS) is 11.3. The van der Waals surface area contributed by atoms with E-state index in [-0.39, 0.29) is 12.4 Å². The van der Waals surface area contributed by atoms with Gasteiger partial charge in [0.1, 0.15) is 0 Å². The van der Waals surface area contributed by atoms with Gasteiger partial charge in [-0.25, -0.2) is 8.42 Å². The molecule has 0 amide bonds. The summed E-state index contributed by atoms with van der Waals surface area (Å²) in [5.41, 5.74) is 3.54. The first-order valence-corrected chi connectivity index (χ1v) is 8.72. The molecule has 0 aliphatic carbocycles. The summed E-state index contributed by atoms with van der Waals surface area (Å²) >= 11 is 0. The predicted molar refractivity (Wildman–Crippen MR) is 84.7 cm³/mol. The summed E-state index contributed by atoms with van der Waals surface area (Å²) in [7, 11) is -3.06. The second-order valence-electron chi connectivity index (χ2n) is 5.06. The van der Waals surface area contributed by atoms with E-state index in [0.717, 1.165) is 22.4 Å². The molecule has 4 nitrogen and oxygen atoms in total. The number of sulfone groups is 1. The van der Waals surface area contributed by atoms with Crippen LogP contribution in [0, 0.1) is 0 Å². The Morgan fingerprint density at radius 2 is 1.62 bits per heavy atom. The average Bonchev–Trinajstić information content (AvgIpc) is 2.45. The molecule has 2 aromatic carbocycles. The van der Waals surface area contributed by atoms with Crippen molar-refractivity contribution >= 4 is 15.5 Å². The van der Waals surface area contributed by atoms with Crippen molar-refractivity contribution in [1.29, 1.82) is 0 Å². The lowest BCUT2D eigenvalue weighted by Gasteiger charge is -2.11. The lowest BCUT2D eigenvalue weighted by molar-refractivity contribution is 0.282. The van der Waals surface area contributed by atoms with Crippen molar-refractivity contribution in [2.45, 2.75) is 18.9 Å². The molecule has 0 aliphatic heterocycles. The van der Waals surface area contributed by atoms with Gasteiger partial charge < -0.3 is 10.4 Å². The molecule has 0 spiro atoms. The maximum atomic E-state index is 11.4. The number of hydrogen-bond acceptors (Lipinski definition) is 4. The number of aliphatic hydroxyl groups is 1. The molecular weight excluding hydrogens is 286 g/mol. The molecule has 5 heteroatoms. The number of hydrogen-bond donors (Lipinski definition) is 2. The Balaban J connectivity index is 2.08. The van der Waals surface area contributed by atoms with Crippen molar-refractivity contribution in [3.8, 4) is 0 Å². The van der Waals surface area contributed by atoms with Crippen LogP contribution in [0.4, 0.5) is 5.69 Å². The van der Waals surface area contributed by atoms with E-state index in [9.17, 15) is 8.42 Å². The Bertz CT molecular complexity index is 694. The molecular formula is C16H19NO3S. The highest BCUT2D eigenvalue weighted by molar-refractivity contribution is 7.89. The Morgan fingerprint density at radius 3 is 2.24 bits per heavy atom. The molecule has 2 N–H and O–H groups in total. The van der Waals surface area contributed by atoms with Crippen molar-refractivity contribution in [3.05, 3.63) is 65.2 Å². The quantitative estimate of drug-likeness (QED) is 0.859. The maximum absolute atomic E-state index is 11.4. The van der Waals surface area contributed by atoms with Gasteiger partial charge in [-0.3, -0.25) is 0 Å². The van der Waals surface area contributed by atoms with Crippen molar-refractivity contribution in [2.75, 3.05) is 11.6 Å². The van der Waals surface area contributed by atoms with Gasteiger partial charge >= 0.3 is 0 Å². The summed E-state index contributed by atoms with van der Waals surface area (Å²) in [6, 6.07) is 15.0. The predicted octanol–water partition coefficient (Wildman–Crippen LogP) is 2.34. The number of aliphatic hydroxyl groups excluding tert-OH is 1. The minimum absolute atomic E-state index is 0.0274. The van der Waals surface area contributed by atoms with Crippen LogP contribution in [0.2, 0.25) is 0 Å². The number of nitrogens with one attached hydrogen (secondary N) is 1. The highest BCUT2D eigenvalue weighted by Gasteiger charge is 2.08. The van der Waals surface area contributed by atoms with E-state index in [4.69, 9.17) is 5.11 Å². The lowest BCUT2D eigenvalue weighted by Crippen LogP contribution is -2.06. The molecule has 2 aromatic rings. The van der Waals surface area contributed by atoms with Crippen molar-refractivity contribution < 1.29 is 13.5 Å². The van der Waals surface area contributed by atoms with E-state index in [1.165, 1.54) is 6.26 Å². The molecule has 0 fully saturated rings. The van der Waals surface area contributed by atoms with E-state index in [1.807, 2.05) is 48.5 Å². The molecule has 0 atom stereocenters. The summed E-state index contributed by atoms with van der Waals surface area (Å²) in [6.07, 6.45) is 1.23. The Kier molecular flexibility index (Phi) is 4.98. The molecule has 2 rings (SSSR count). The Hall–Kier alpha value is -1.85. The summed E-state index contributed by atoms with van der Waals surface area (Å²) in [5.74, 6) is 0.0274. The molecule has 21 heavy (non-hydrogen) atoms. The molecule has 0 bridgehead atoms. The molecule has 0 heterocycles. The van der Waals surface area contributed by atoms with Gasteiger partial charge in [0.15, 0.2) is 9.84 Å². The summed E-state index contributed by atoms with van der Waals surface area (Å²) in [4.78, 5) is 0. The zero-order chi connectivity index (χ0) is 15.3.